The molecular weight excluding hydrogens is 257 g/mol. The number of phenols is 2. The van der Waals surface area contributed by atoms with Gasteiger partial charge in [0, 0.05) is 17.6 Å². The highest BCUT2D eigenvalue weighted by Crippen LogP contribution is 2.29. The second kappa shape index (κ2) is 5.92. The van der Waals surface area contributed by atoms with E-state index in [0.29, 0.717) is 5.56 Å². The summed E-state index contributed by atoms with van der Waals surface area (Å²) in [6, 6.07) is 10.6. The monoisotopic (exact) mass is 275 g/mol. The van der Waals surface area contributed by atoms with Crippen LogP contribution in [-0.4, -0.2) is 10.2 Å². The molecule has 0 saturated carbocycles. The first kappa shape index (κ1) is 14.3. The van der Waals surface area contributed by atoms with E-state index in [1.54, 1.807) is 12.1 Å². The van der Waals surface area contributed by atoms with Gasteiger partial charge in [-0.15, -0.1) is 0 Å². The van der Waals surface area contributed by atoms with Crippen molar-refractivity contribution >= 4 is 0 Å². The van der Waals surface area contributed by atoms with Crippen molar-refractivity contribution in [2.75, 3.05) is 0 Å². The van der Waals surface area contributed by atoms with Gasteiger partial charge in [-0.25, -0.2) is 4.39 Å². The maximum atomic E-state index is 12.9. The fourth-order valence-electron chi connectivity index (χ4n) is 2.20. The first-order chi connectivity index (χ1) is 9.47. The van der Waals surface area contributed by atoms with E-state index in [-0.39, 0.29) is 29.4 Å². The average Bonchev–Trinajstić information content (AvgIpc) is 2.42. The fraction of sp³-hybridized carbons (Fsp3) is 0.250. The van der Waals surface area contributed by atoms with Gasteiger partial charge in [-0.2, -0.15) is 0 Å². The molecule has 0 bridgehead atoms. The van der Waals surface area contributed by atoms with Gasteiger partial charge in [0.2, 0.25) is 0 Å². The van der Waals surface area contributed by atoms with E-state index in [9.17, 15) is 14.6 Å². The molecule has 0 aliphatic carbocycles. The Morgan fingerprint density at radius 3 is 2.25 bits per heavy atom. The Morgan fingerprint density at radius 2 is 1.60 bits per heavy atom. The molecule has 0 heterocycles. The van der Waals surface area contributed by atoms with Gasteiger partial charge in [0.1, 0.15) is 17.3 Å². The zero-order valence-corrected chi connectivity index (χ0v) is 11.5. The van der Waals surface area contributed by atoms with Crippen LogP contribution in [0.1, 0.15) is 37.1 Å². The highest BCUT2D eigenvalue weighted by atomic mass is 19.1. The normalized spacial score (nSPS) is 13.9. The van der Waals surface area contributed by atoms with Crippen molar-refractivity contribution in [1.29, 1.82) is 0 Å². The lowest BCUT2D eigenvalue weighted by Crippen LogP contribution is -2.22. The minimum atomic E-state index is -0.264. The molecule has 0 aliphatic heterocycles. The van der Waals surface area contributed by atoms with Gasteiger partial charge in [-0.05, 0) is 49.7 Å². The fourth-order valence-corrected chi connectivity index (χ4v) is 2.20. The Bertz CT molecular complexity index is 584. The number of nitrogens with one attached hydrogen (secondary N) is 1. The van der Waals surface area contributed by atoms with Crippen LogP contribution in [0, 0.1) is 5.82 Å². The van der Waals surface area contributed by atoms with Crippen molar-refractivity contribution < 1.29 is 14.6 Å². The molecule has 0 saturated heterocycles. The average molecular weight is 275 g/mol. The summed E-state index contributed by atoms with van der Waals surface area (Å²) in [7, 11) is 0. The number of hydrogen-bond donors (Lipinski definition) is 3. The van der Waals surface area contributed by atoms with Crippen molar-refractivity contribution in [2.24, 2.45) is 0 Å². The smallest absolute Gasteiger partial charge is 0.123 e. The molecule has 0 fully saturated rings. The van der Waals surface area contributed by atoms with Crippen LogP contribution in [0.3, 0.4) is 0 Å². The highest BCUT2D eigenvalue weighted by Gasteiger charge is 2.14. The van der Waals surface area contributed by atoms with E-state index in [0.717, 1.165) is 5.56 Å². The maximum absolute atomic E-state index is 12.9. The molecule has 20 heavy (non-hydrogen) atoms. The predicted molar refractivity (Wildman–Crippen MR) is 76.1 cm³/mol. The summed E-state index contributed by atoms with van der Waals surface area (Å²) in [4.78, 5) is 0. The van der Waals surface area contributed by atoms with Crippen LogP contribution in [0.5, 0.6) is 11.5 Å². The third-order valence-corrected chi connectivity index (χ3v) is 3.35. The van der Waals surface area contributed by atoms with E-state index < -0.39 is 0 Å². The molecule has 0 aromatic heterocycles. The number of aromatic hydroxyl groups is 2. The van der Waals surface area contributed by atoms with Crippen molar-refractivity contribution in [2.45, 2.75) is 25.9 Å². The Hall–Kier alpha value is -2.07. The second-order valence-electron chi connectivity index (χ2n) is 4.90. The predicted octanol–water partition coefficient (Wildman–Crippen LogP) is 3.65. The minimum absolute atomic E-state index is 0.00708. The summed E-state index contributed by atoms with van der Waals surface area (Å²) in [6.07, 6.45) is 0. The van der Waals surface area contributed by atoms with Crippen molar-refractivity contribution in [3.63, 3.8) is 0 Å². The van der Waals surface area contributed by atoms with Crippen molar-refractivity contribution in [1.82, 2.24) is 5.32 Å². The summed E-state index contributed by atoms with van der Waals surface area (Å²) < 4.78 is 12.9. The summed E-state index contributed by atoms with van der Waals surface area (Å²) in [5.41, 5.74) is 1.58. The molecule has 2 rings (SSSR count). The molecular formula is C16H18FNO2. The molecule has 2 aromatic carbocycles. The number of rotatable bonds is 4. The van der Waals surface area contributed by atoms with Gasteiger partial charge < -0.3 is 15.5 Å². The van der Waals surface area contributed by atoms with Gasteiger partial charge in [0.05, 0.1) is 0 Å². The van der Waals surface area contributed by atoms with Crippen molar-refractivity contribution in [3.8, 4) is 11.5 Å². The first-order valence-electron chi connectivity index (χ1n) is 6.50. The summed E-state index contributed by atoms with van der Waals surface area (Å²) in [6.45, 7) is 3.86. The van der Waals surface area contributed by atoms with Crippen molar-refractivity contribution in [3.05, 3.63) is 59.4 Å². The highest BCUT2D eigenvalue weighted by molar-refractivity contribution is 5.40. The molecule has 3 nitrogen and oxygen atoms in total. The van der Waals surface area contributed by atoms with E-state index in [1.165, 1.54) is 30.3 Å². The molecule has 3 N–H and O–H groups in total. The van der Waals surface area contributed by atoms with Gasteiger partial charge in [0.25, 0.3) is 0 Å². The Kier molecular flexibility index (Phi) is 4.25. The zero-order chi connectivity index (χ0) is 14.7. The SMILES string of the molecule is CC(N[C@H](C)c1ccc(F)cc1)c1cc(O)ccc1O. The Labute approximate surface area is 117 Å². The molecule has 2 aromatic rings. The maximum Gasteiger partial charge on any atom is 0.123 e. The van der Waals surface area contributed by atoms with E-state index >= 15 is 0 Å². The van der Waals surface area contributed by atoms with Gasteiger partial charge in [-0.3, -0.25) is 0 Å². The number of halogens is 1. The summed E-state index contributed by atoms with van der Waals surface area (Å²) in [5.74, 6) is -0.0189. The molecule has 1 unspecified atom stereocenters. The van der Waals surface area contributed by atoms with E-state index in [2.05, 4.69) is 5.32 Å². The lowest BCUT2D eigenvalue weighted by Gasteiger charge is -2.21. The van der Waals surface area contributed by atoms with Gasteiger partial charge in [0.15, 0.2) is 0 Å². The largest absolute Gasteiger partial charge is 0.508 e. The standard InChI is InChI=1S/C16H18FNO2/c1-10(12-3-5-13(17)6-4-12)18-11(2)15-9-14(19)7-8-16(15)20/h3-11,18-20H,1-2H3/t10-,11?/m1/s1. The van der Waals surface area contributed by atoms with E-state index in [4.69, 9.17) is 0 Å². The third-order valence-electron chi connectivity index (χ3n) is 3.35. The first-order valence-corrected chi connectivity index (χ1v) is 6.50. The Morgan fingerprint density at radius 1 is 0.950 bits per heavy atom. The summed E-state index contributed by atoms with van der Waals surface area (Å²) in [5, 5.41) is 22.6. The molecule has 2 atom stereocenters. The van der Waals surface area contributed by atoms with Crippen LogP contribution >= 0.6 is 0 Å². The van der Waals surface area contributed by atoms with Crippen LogP contribution < -0.4 is 5.32 Å². The number of benzene rings is 2. The lowest BCUT2D eigenvalue weighted by molar-refractivity contribution is 0.429. The number of phenolic OH excluding ortho intramolecular Hbond substituents is 2. The molecule has 0 aliphatic rings. The molecule has 0 radical (unpaired) electrons. The summed E-state index contributed by atoms with van der Waals surface area (Å²) >= 11 is 0. The van der Waals surface area contributed by atoms with Crippen LogP contribution in [-0.2, 0) is 0 Å². The van der Waals surface area contributed by atoms with Crippen LogP contribution in [0.4, 0.5) is 4.39 Å². The number of hydrogen-bond acceptors (Lipinski definition) is 3. The Balaban J connectivity index is 2.12. The van der Waals surface area contributed by atoms with Crippen LogP contribution in [0.25, 0.3) is 0 Å². The van der Waals surface area contributed by atoms with Crippen LogP contribution in [0.2, 0.25) is 0 Å². The zero-order valence-electron chi connectivity index (χ0n) is 11.5. The topological polar surface area (TPSA) is 52.5 Å². The third kappa shape index (κ3) is 3.27. The van der Waals surface area contributed by atoms with Crippen LogP contribution in [0.15, 0.2) is 42.5 Å². The molecule has 0 amide bonds. The molecule has 0 spiro atoms. The lowest BCUT2D eigenvalue weighted by atomic mass is 10.0. The van der Waals surface area contributed by atoms with Gasteiger partial charge in [-0.1, -0.05) is 12.1 Å². The van der Waals surface area contributed by atoms with E-state index in [1.807, 2.05) is 13.8 Å². The second-order valence-corrected chi connectivity index (χ2v) is 4.90. The molecule has 106 valence electrons. The van der Waals surface area contributed by atoms with Gasteiger partial charge >= 0.3 is 0 Å². The minimum Gasteiger partial charge on any atom is -0.508 e. The quantitative estimate of drug-likeness (QED) is 0.747. The molecule has 4 heteroatoms.